The van der Waals surface area contributed by atoms with E-state index in [0.29, 0.717) is 30.1 Å². The van der Waals surface area contributed by atoms with Crippen LogP contribution >= 0.6 is 27.5 Å². The van der Waals surface area contributed by atoms with Crippen molar-refractivity contribution in [3.8, 4) is 0 Å². The first-order chi connectivity index (χ1) is 15.9. The van der Waals surface area contributed by atoms with Crippen LogP contribution in [0.4, 0.5) is 0 Å². The highest BCUT2D eigenvalue weighted by Crippen LogP contribution is 2.39. The van der Waals surface area contributed by atoms with Crippen LogP contribution in [-0.2, 0) is 14.3 Å². The van der Waals surface area contributed by atoms with Gasteiger partial charge in [0.15, 0.2) is 5.78 Å². The highest BCUT2D eigenvalue weighted by Gasteiger charge is 2.45. The second-order valence-corrected chi connectivity index (χ2v) is 9.70. The molecule has 1 amide bonds. The Morgan fingerprint density at radius 2 is 1.61 bits per heavy atom. The molecule has 0 saturated carbocycles. The van der Waals surface area contributed by atoms with Crippen molar-refractivity contribution in [1.82, 2.24) is 4.90 Å². The van der Waals surface area contributed by atoms with Gasteiger partial charge in [-0.2, -0.15) is 0 Å². The minimum absolute atomic E-state index is 0.106. The van der Waals surface area contributed by atoms with Gasteiger partial charge in [0, 0.05) is 40.0 Å². The molecule has 1 aliphatic rings. The summed E-state index contributed by atoms with van der Waals surface area (Å²) in [5.74, 6) is -3.38. The van der Waals surface area contributed by atoms with Crippen molar-refractivity contribution in [3.63, 3.8) is 0 Å². The number of hydrogen-bond donors (Lipinski definition) is 0. The number of benzene rings is 2. The molecule has 33 heavy (non-hydrogen) atoms. The maximum atomic E-state index is 13.7. The molecule has 3 rings (SSSR count). The van der Waals surface area contributed by atoms with E-state index in [-0.39, 0.29) is 11.7 Å². The largest absolute Gasteiger partial charge is 0.468 e. The van der Waals surface area contributed by atoms with Crippen molar-refractivity contribution in [2.24, 2.45) is 11.8 Å². The number of methoxy groups -OCH3 is 1. The molecule has 0 unspecified atom stereocenters. The second-order valence-electron chi connectivity index (χ2n) is 8.35. The number of nitrogens with zero attached hydrogens (tertiary/aromatic N) is 1. The summed E-state index contributed by atoms with van der Waals surface area (Å²) in [5, 5.41) is 0.543. The SMILES string of the molecule is CC[C@@H](C(=O)c1ccc(Br)cc1)[C@@H](c1ccc(Cl)cc1)[C@H](C(=O)OC)C(=O)N1CCCCC1. The fourth-order valence-electron chi connectivity index (χ4n) is 4.61. The molecule has 1 aliphatic heterocycles. The summed E-state index contributed by atoms with van der Waals surface area (Å²) in [7, 11) is 1.29. The lowest BCUT2D eigenvalue weighted by atomic mass is 9.72. The number of ketones is 1. The Hall–Kier alpha value is -2.18. The third kappa shape index (κ3) is 6.04. The van der Waals surface area contributed by atoms with Gasteiger partial charge in [0.25, 0.3) is 0 Å². The van der Waals surface area contributed by atoms with Crippen molar-refractivity contribution in [1.29, 1.82) is 0 Å². The Labute approximate surface area is 208 Å². The van der Waals surface area contributed by atoms with E-state index in [4.69, 9.17) is 16.3 Å². The summed E-state index contributed by atoms with van der Waals surface area (Å²) in [6, 6.07) is 14.2. The number of amides is 1. The summed E-state index contributed by atoms with van der Waals surface area (Å²) in [6.45, 7) is 3.12. The van der Waals surface area contributed by atoms with Crippen LogP contribution in [0.1, 0.15) is 54.4 Å². The fraction of sp³-hybridized carbons (Fsp3) is 0.423. The zero-order chi connectivity index (χ0) is 24.0. The van der Waals surface area contributed by atoms with Crippen molar-refractivity contribution in [2.75, 3.05) is 20.2 Å². The van der Waals surface area contributed by atoms with Gasteiger partial charge in [-0.25, -0.2) is 0 Å². The quantitative estimate of drug-likeness (QED) is 0.240. The molecular formula is C26H29BrClNO4. The van der Waals surface area contributed by atoms with E-state index in [1.807, 2.05) is 19.1 Å². The first kappa shape index (κ1) is 25.4. The normalized spacial score (nSPS) is 16.5. The number of carbonyl (C=O) groups excluding carboxylic acids is 3. The van der Waals surface area contributed by atoms with E-state index in [0.717, 1.165) is 29.3 Å². The van der Waals surface area contributed by atoms with Gasteiger partial charge in [-0.3, -0.25) is 14.4 Å². The van der Waals surface area contributed by atoms with Crippen LogP contribution in [-0.4, -0.2) is 42.8 Å². The van der Waals surface area contributed by atoms with E-state index < -0.39 is 23.7 Å². The fourth-order valence-corrected chi connectivity index (χ4v) is 5.00. The van der Waals surface area contributed by atoms with E-state index in [2.05, 4.69) is 15.9 Å². The molecule has 0 radical (unpaired) electrons. The van der Waals surface area contributed by atoms with Gasteiger partial charge in [-0.05, 0) is 55.5 Å². The lowest BCUT2D eigenvalue weighted by Gasteiger charge is -2.35. The van der Waals surface area contributed by atoms with Crippen LogP contribution < -0.4 is 0 Å². The number of likely N-dealkylation sites (tertiary alicyclic amines) is 1. The zero-order valence-electron chi connectivity index (χ0n) is 18.9. The highest BCUT2D eigenvalue weighted by molar-refractivity contribution is 9.10. The van der Waals surface area contributed by atoms with Gasteiger partial charge in [0.2, 0.25) is 5.91 Å². The summed E-state index contributed by atoms with van der Waals surface area (Å²) in [5.41, 5.74) is 1.26. The third-order valence-corrected chi connectivity index (χ3v) is 7.12. The standard InChI is InChI=1S/C26H29BrClNO4/c1-3-21(24(30)18-7-11-19(27)12-8-18)22(17-9-13-20(28)14-10-17)23(26(32)33-2)25(31)29-15-5-4-6-16-29/h7-14,21-23H,3-6,15-16H2,1-2H3/t21-,22-,23+/m1/s1. The van der Waals surface area contributed by atoms with Crippen molar-refractivity contribution >= 4 is 45.2 Å². The van der Waals surface area contributed by atoms with Gasteiger partial charge in [-0.15, -0.1) is 0 Å². The monoisotopic (exact) mass is 533 g/mol. The highest BCUT2D eigenvalue weighted by atomic mass is 79.9. The maximum Gasteiger partial charge on any atom is 0.318 e. The van der Waals surface area contributed by atoms with Crippen LogP contribution in [0.5, 0.6) is 0 Å². The van der Waals surface area contributed by atoms with Gasteiger partial charge >= 0.3 is 5.97 Å². The molecule has 1 saturated heterocycles. The smallest absolute Gasteiger partial charge is 0.318 e. The van der Waals surface area contributed by atoms with Crippen molar-refractivity contribution in [2.45, 2.75) is 38.5 Å². The number of esters is 1. The number of carbonyl (C=O) groups is 3. The molecule has 2 aromatic rings. The third-order valence-electron chi connectivity index (χ3n) is 6.34. The Bertz CT molecular complexity index is 971. The molecule has 3 atom stereocenters. The molecular weight excluding hydrogens is 506 g/mol. The Morgan fingerprint density at radius 3 is 2.15 bits per heavy atom. The molecule has 0 N–H and O–H groups in total. The molecule has 0 spiro atoms. The minimum atomic E-state index is -1.11. The van der Waals surface area contributed by atoms with Crippen molar-refractivity contribution < 1.29 is 19.1 Å². The Morgan fingerprint density at radius 1 is 1.00 bits per heavy atom. The van der Waals surface area contributed by atoms with Crippen LogP contribution in [0, 0.1) is 11.8 Å². The number of halogens is 2. The number of ether oxygens (including phenoxy) is 1. The summed E-state index contributed by atoms with van der Waals surface area (Å²) >= 11 is 9.52. The molecule has 1 heterocycles. The zero-order valence-corrected chi connectivity index (χ0v) is 21.3. The molecule has 176 valence electrons. The average Bonchev–Trinajstić information content (AvgIpc) is 2.84. The first-order valence-corrected chi connectivity index (χ1v) is 12.5. The molecule has 7 heteroatoms. The topological polar surface area (TPSA) is 63.7 Å². The summed E-state index contributed by atoms with van der Waals surface area (Å²) in [6.07, 6.45) is 3.33. The average molecular weight is 535 g/mol. The van der Waals surface area contributed by atoms with Crippen LogP contribution in [0.2, 0.25) is 5.02 Å². The minimum Gasteiger partial charge on any atom is -0.468 e. The van der Waals surface area contributed by atoms with Gasteiger partial charge in [-0.1, -0.05) is 58.7 Å². The number of rotatable bonds is 8. The number of piperidine rings is 1. The molecule has 2 aromatic carbocycles. The predicted molar refractivity (Wildman–Crippen MR) is 132 cm³/mol. The van der Waals surface area contributed by atoms with E-state index in [1.165, 1.54) is 7.11 Å². The predicted octanol–water partition coefficient (Wildman–Crippen LogP) is 5.90. The lowest BCUT2D eigenvalue weighted by molar-refractivity contribution is -0.155. The van der Waals surface area contributed by atoms with E-state index in [1.54, 1.807) is 41.3 Å². The molecule has 5 nitrogen and oxygen atoms in total. The Kier molecular flexibility index (Phi) is 9.10. The van der Waals surface area contributed by atoms with Gasteiger partial charge < -0.3 is 9.64 Å². The summed E-state index contributed by atoms with van der Waals surface area (Å²) in [4.78, 5) is 42.2. The molecule has 1 fully saturated rings. The molecule has 0 bridgehead atoms. The van der Waals surface area contributed by atoms with Crippen LogP contribution in [0.25, 0.3) is 0 Å². The van der Waals surface area contributed by atoms with Gasteiger partial charge in [0.1, 0.15) is 5.92 Å². The molecule has 0 aromatic heterocycles. The van der Waals surface area contributed by atoms with Crippen molar-refractivity contribution in [3.05, 3.63) is 69.2 Å². The number of Topliss-reactive ketones (excluding diaryl/α,β-unsaturated/α-hetero) is 1. The molecule has 0 aliphatic carbocycles. The van der Waals surface area contributed by atoms with Gasteiger partial charge in [0.05, 0.1) is 7.11 Å². The van der Waals surface area contributed by atoms with Crippen LogP contribution in [0.15, 0.2) is 53.0 Å². The second kappa shape index (κ2) is 11.8. The lowest BCUT2D eigenvalue weighted by Crippen LogP contribution is -2.47. The maximum absolute atomic E-state index is 13.7. The van der Waals surface area contributed by atoms with Crippen LogP contribution in [0.3, 0.4) is 0 Å². The van der Waals surface area contributed by atoms with E-state index in [9.17, 15) is 14.4 Å². The first-order valence-electron chi connectivity index (χ1n) is 11.3. The van der Waals surface area contributed by atoms with E-state index >= 15 is 0 Å². The Balaban J connectivity index is 2.09. The summed E-state index contributed by atoms with van der Waals surface area (Å²) < 4.78 is 5.99. The number of hydrogen-bond acceptors (Lipinski definition) is 4.